The summed E-state index contributed by atoms with van der Waals surface area (Å²) in [4.78, 5) is 18.5. The van der Waals surface area contributed by atoms with E-state index in [1.165, 1.54) is 5.56 Å². The van der Waals surface area contributed by atoms with Crippen molar-refractivity contribution < 1.29 is 9.53 Å². The molecule has 0 unspecified atom stereocenters. The monoisotopic (exact) mass is 282 g/mol. The van der Waals surface area contributed by atoms with Crippen LogP contribution < -0.4 is 0 Å². The average Bonchev–Trinajstić information content (AvgIpc) is 2.85. The van der Waals surface area contributed by atoms with Crippen molar-refractivity contribution >= 4 is 5.97 Å². The number of likely N-dealkylation sites (N-methyl/N-ethyl adjacent to an activating group) is 1. The third-order valence-corrected chi connectivity index (χ3v) is 3.68. The van der Waals surface area contributed by atoms with Gasteiger partial charge in [-0.25, -0.2) is 4.79 Å². The number of pyridine rings is 1. The van der Waals surface area contributed by atoms with Crippen molar-refractivity contribution in [2.24, 2.45) is 0 Å². The van der Waals surface area contributed by atoms with Crippen LogP contribution in [0.4, 0.5) is 0 Å². The molecular weight excluding hydrogens is 264 g/mol. The van der Waals surface area contributed by atoms with Gasteiger partial charge in [0.05, 0.1) is 5.56 Å². The number of rotatable bonds is 4. The van der Waals surface area contributed by atoms with Crippen LogP contribution >= 0.6 is 0 Å². The minimum atomic E-state index is -0.294. The molecule has 1 aliphatic rings. The molecule has 4 heteroatoms. The number of hydrogen-bond donors (Lipinski definition) is 0. The lowest BCUT2D eigenvalue weighted by molar-refractivity contribution is 0.0482. The van der Waals surface area contributed by atoms with Crippen LogP contribution in [0.1, 0.15) is 21.5 Å². The molecular formula is C17H18N2O2. The summed E-state index contributed by atoms with van der Waals surface area (Å²) in [6.45, 7) is 1.10. The van der Waals surface area contributed by atoms with E-state index in [1.807, 2.05) is 37.3 Å². The predicted molar refractivity (Wildman–Crippen MR) is 81.3 cm³/mol. The lowest BCUT2D eigenvalue weighted by Gasteiger charge is -2.12. The zero-order chi connectivity index (χ0) is 14.8. The zero-order valence-corrected chi connectivity index (χ0v) is 12.3. The number of esters is 1. The second kappa shape index (κ2) is 5.66. The molecule has 3 rings (SSSR count). The molecule has 4 nitrogen and oxygen atoms in total. The van der Waals surface area contributed by atoms with E-state index in [4.69, 9.17) is 4.74 Å². The summed E-state index contributed by atoms with van der Waals surface area (Å²) in [5.74, 6) is -0.294. The number of nitrogens with zero attached hydrogens (tertiary/aromatic N) is 2. The Kier molecular flexibility index (Phi) is 3.71. The summed E-state index contributed by atoms with van der Waals surface area (Å²) < 4.78 is 5.36. The molecule has 0 spiro atoms. The molecule has 2 aromatic rings. The molecule has 1 aliphatic carbocycles. The highest BCUT2D eigenvalue weighted by Crippen LogP contribution is 2.38. The van der Waals surface area contributed by atoms with Gasteiger partial charge in [-0.1, -0.05) is 24.3 Å². The Morgan fingerprint density at radius 2 is 2.05 bits per heavy atom. The molecule has 0 bridgehead atoms. The van der Waals surface area contributed by atoms with Gasteiger partial charge in [0.25, 0.3) is 0 Å². The van der Waals surface area contributed by atoms with E-state index in [0.29, 0.717) is 18.7 Å². The molecule has 0 atom stereocenters. The Morgan fingerprint density at radius 3 is 2.86 bits per heavy atom. The van der Waals surface area contributed by atoms with Gasteiger partial charge in [0.2, 0.25) is 0 Å². The second-order valence-electron chi connectivity index (χ2n) is 5.49. The van der Waals surface area contributed by atoms with Crippen LogP contribution in [0.2, 0.25) is 0 Å². The van der Waals surface area contributed by atoms with Crippen LogP contribution in [-0.4, -0.2) is 43.1 Å². The van der Waals surface area contributed by atoms with Gasteiger partial charge in [-0.3, -0.25) is 4.98 Å². The number of benzene rings is 1. The third-order valence-electron chi connectivity index (χ3n) is 3.68. The van der Waals surface area contributed by atoms with E-state index in [1.54, 1.807) is 6.20 Å². The van der Waals surface area contributed by atoms with Gasteiger partial charge in [0.15, 0.2) is 0 Å². The van der Waals surface area contributed by atoms with Crippen LogP contribution in [0.15, 0.2) is 36.7 Å². The van der Waals surface area contributed by atoms with E-state index in [2.05, 4.69) is 17.1 Å². The minimum absolute atomic E-state index is 0.294. The van der Waals surface area contributed by atoms with Crippen LogP contribution in [-0.2, 0) is 11.2 Å². The highest BCUT2D eigenvalue weighted by atomic mass is 16.5. The Labute approximate surface area is 124 Å². The first-order valence-corrected chi connectivity index (χ1v) is 7.04. The van der Waals surface area contributed by atoms with Gasteiger partial charge < -0.3 is 9.64 Å². The Hall–Kier alpha value is -2.20. The lowest BCUT2D eigenvalue weighted by Crippen LogP contribution is -2.20. The second-order valence-corrected chi connectivity index (χ2v) is 5.49. The van der Waals surface area contributed by atoms with Crippen molar-refractivity contribution in [1.82, 2.24) is 9.88 Å². The maximum atomic E-state index is 12.3. The summed E-state index contributed by atoms with van der Waals surface area (Å²) in [6.07, 6.45) is 4.28. The van der Waals surface area contributed by atoms with Crippen LogP contribution in [0.25, 0.3) is 11.1 Å². The molecule has 0 radical (unpaired) electrons. The van der Waals surface area contributed by atoms with Gasteiger partial charge >= 0.3 is 5.97 Å². The highest BCUT2D eigenvalue weighted by molar-refractivity contribution is 5.99. The van der Waals surface area contributed by atoms with Gasteiger partial charge in [0, 0.05) is 30.9 Å². The fourth-order valence-electron chi connectivity index (χ4n) is 2.63. The van der Waals surface area contributed by atoms with E-state index in [0.717, 1.165) is 23.1 Å². The smallest absolute Gasteiger partial charge is 0.340 e. The quantitative estimate of drug-likeness (QED) is 0.689. The predicted octanol–water partition coefficient (Wildman–Crippen LogP) is 2.37. The van der Waals surface area contributed by atoms with Gasteiger partial charge in [-0.05, 0) is 30.8 Å². The molecule has 1 aromatic heterocycles. The summed E-state index contributed by atoms with van der Waals surface area (Å²) in [5.41, 5.74) is 5.00. The maximum Gasteiger partial charge on any atom is 0.340 e. The van der Waals surface area contributed by atoms with Gasteiger partial charge in [-0.15, -0.1) is 0 Å². The number of hydrogen-bond acceptors (Lipinski definition) is 4. The molecule has 21 heavy (non-hydrogen) atoms. The third kappa shape index (κ3) is 2.67. The number of fused-ring (bicyclic) bond motifs is 3. The van der Waals surface area contributed by atoms with E-state index >= 15 is 0 Å². The Balaban J connectivity index is 1.89. The largest absolute Gasteiger partial charge is 0.461 e. The van der Waals surface area contributed by atoms with Gasteiger partial charge in [0.1, 0.15) is 6.61 Å². The lowest BCUT2D eigenvalue weighted by atomic mass is 10.0. The summed E-state index contributed by atoms with van der Waals surface area (Å²) in [6, 6.07) is 8.16. The Bertz CT molecular complexity index is 680. The zero-order valence-electron chi connectivity index (χ0n) is 12.3. The topological polar surface area (TPSA) is 42.4 Å². The Morgan fingerprint density at radius 1 is 1.24 bits per heavy atom. The van der Waals surface area contributed by atoms with Crippen LogP contribution in [0, 0.1) is 0 Å². The molecule has 0 N–H and O–H groups in total. The number of carbonyl (C=O) groups is 1. The van der Waals surface area contributed by atoms with Crippen LogP contribution in [0.3, 0.4) is 0 Å². The number of carbonyl (C=O) groups excluding carboxylic acids is 1. The molecule has 1 heterocycles. The van der Waals surface area contributed by atoms with Crippen molar-refractivity contribution in [3.63, 3.8) is 0 Å². The van der Waals surface area contributed by atoms with Crippen molar-refractivity contribution in [2.75, 3.05) is 27.2 Å². The number of aromatic nitrogens is 1. The molecule has 1 aromatic carbocycles. The van der Waals surface area contributed by atoms with Gasteiger partial charge in [-0.2, -0.15) is 0 Å². The van der Waals surface area contributed by atoms with Crippen molar-refractivity contribution in [2.45, 2.75) is 6.42 Å². The first-order chi connectivity index (χ1) is 10.2. The summed E-state index contributed by atoms with van der Waals surface area (Å²) in [7, 11) is 3.90. The molecule has 108 valence electrons. The standard InChI is InChI=1S/C17H18N2O2/c1-19(2)7-8-21-17(20)15-11-18-10-13-9-12-5-3-4-6-14(12)16(13)15/h3-6,10-11H,7-9H2,1-2H3. The molecule has 0 amide bonds. The SMILES string of the molecule is CN(C)CCOC(=O)c1cncc2c1-c1ccccc1C2. The molecule has 0 fully saturated rings. The van der Waals surface area contributed by atoms with E-state index < -0.39 is 0 Å². The highest BCUT2D eigenvalue weighted by Gasteiger charge is 2.25. The van der Waals surface area contributed by atoms with Crippen LogP contribution in [0.5, 0.6) is 0 Å². The van der Waals surface area contributed by atoms with Crippen molar-refractivity contribution in [3.05, 3.63) is 53.3 Å². The van der Waals surface area contributed by atoms with E-state index in [9.17, 15) is 4.79 Å². The molecule has 0 saturated carbocycles. The first kappa shape index (κ1) is 13.8. The normalized spacial score (nSPS) is 12.1. The average molecular weight is 282 g/mol. The fourth-order valence-corrected chi connectivity index (χ4v) is 2.63. The van der Waals surface area contributed by atoms with Crippen molar-refractivity contribution in [1.29, 1.82) is 0 Å². The summed E-state index contributed by atoms with van der Waals surface area (Å²) in [5, 5.41) is 0. The number of ether oxygens (including phenoxy) is 1. The van der Waals surface area contributed by atoms with E-state index in [-0.39, 0.29) is 5.97 Å². The maximum absolute atomic E-state index is 12.3. The molecule has 0 aliphatic heterocycles. The van der Waals surface area contributed by atoms with Crippen molar-refractivity contribution in [3.8, 4) is 11.1 Å². The minimum Gasteiger partial charge on any atom is -0.461 e. The first-order valence-electron chi connectivity index (χ1n) is 7.04. The molecule has 0 saturated heterocycles. The fraction of sp³-hybridized carbons (Fsp3) is 0.294. The summed E-state index contributed by atoms with van der Waals surface area (Å²) >= 11 is 0.